The number of H-pyrrole nitrogens is 3. The zero-order valence-corrected chi connectivity index (χ0v) is 14.7. The Balaban J connectivity index is 1.85. The highest BCUT2D eigenvalue weighted by Gasteiger charge is 2.37. The average molecular weight is 389 g/mol. The van der Waals surface area contributed by atoms with Gasteiger partial charge in [0.1, 0.15) is 17.8 Å². The summed E-state index contributed by atoms with van der Waals surface area (Å²) >= 11 is 0. The summed E-state index contributed by atoms with van der Waals surface area (Å²) in [6.45, 7) is 0.337. The molecule has 12 heteroatoms. The quantitative estimate of drug-likeness (QED) is 0.366. The van der Waals surface area contributed by atoms with Crippen molar-refractivity contribution in [3.05, 3.63) is 50.8 Å². The lowest BCUT2D eigenvalue weighted by Gasteiger charge is -2.27. The van der Waals surface area contributed by atoms with Crippen LogP contribution in [0.4, 0.5) is 0 Å². The fourth-order valence-corrected chi connectivity index (χ4v) is 3.17. The lowest BCUT2D eigenvalue weighted by molar-refractivity contribution is -0.138. The van der Waals surface area contributed by atoms with E-state index >= 15 is 0 Å². The molecule has 0 spiro atoms. The Kier molecular flexibility index (Phi) is 5.38. The lowest BCUT2D eigenvalue weighted by Crippen LogP contribution is -2.53. The lowest BCUT2D eigenvalue weighted by atomic mass is 10.1. The van der Waals surface area contributed by atoms with Gasteiger partial charge in [0.15, 0.2) is 0 Å². The highest BCUT2D eigenvalue weighted by atomic mass is 16.2. The molecule has 3 rings (SSSR count). The zero-order chi connectivity index (χ0) is 20.3. The van der Waals surface area contributed by atoms with Crippen LogP contribution >= 0.6 is 0 Å². The van der Waals surface area contributed by atoms with E-state index in [0.29, 0.717) is 25.1 Å². The van der Waals surface area contributed by atoms with Crippen LogP contribution in [-0.2, 0) is 16.0 Å². The molecule has 2 unspecified atom stereocenters. The van der Waals surface area contributed by atoms with Crippen molar-refractivity contribution in [3.8, 4) is 0 Å². The number of hydrogen-bond acceptors (Lipinski definition) is 6. The molecule has 148 valence electrons. The van der Waals surface area contributed by atoms with E-state index in [4.69, 9.17) is 5.73 Å². The van der Waals surface area contributed by atoms with Crippen LogP contribution in [-0.4, -0.2) is 61.2 Å². The molecule has 3 heterocycles. The molecular formula is C16H19N7O5. The normalized spacial score (nSPS) is 17.3. The minimum atomic E-state index is -1.06. The number of nitrogens with two attached hydrogens (primary N) is 1. The summed E-state index contributed by atoms with van der Waals surface area (Å²) in [5.41, 5.74) is 4.07. The standard InChI is InChI=1S/C16H19N7O5/c17-13(25)11-2-1-3-23(11)15(27)10(4-8-6-18-7-19-8)20-14(26)9-5-12(24)22-16(28)21-9/h5-7,10-11H,1-4H2,(H2,17,25)(H,18,19)(H,20,26)(H2,21,22,24,28). The van der Waals surface area contributed by atoms with Gasteiger partial charge in [0.25, 0.3) is 11.5 Å². The SMILES string of the molecule is NC(=O)C1CCCN1C(=O)C(Cc1cnc[nH]1)NC(=O)c1cc(=O)[nH]c(=O)[nH]1. The summed E-state index contributed by atoms with van der Waals surface area (Å²) in [6, 6.07) is -0.889. The van der Waals surface area contributed by atoms with Gasteiger partial charge in [-0.15, -0.1) is 0 Å². The molecule has 28 heavy (non-hydrogen) atoms. The summed E-state index contributed by atoms with van der Waals surface area (Å²) < 4.78 is 0. The van der Waals surface area contributed by atoms with Crippen molar-refractivity contribution < 1.29 is 14.4 Å². The average Bonchev–Trinajstić information content (AvgIpc) is 3.31. The second-order valence-electron chi connectivity index (χ2n) is 6.40. The number of aromatic amines is 3. The van der Waals surface area contributed by atoms with Crippen molar-refractivity contribution in [2.75, 3.05) is 6.54 Å². The number of rotatable bonds is 6. The molecule has 1 fully saturated rings. The third kappa shape index (κ3) is 4.16. The van der Waals surface area contributed by atoms with Gasteiger partial charge in [-0.3, -0.25) is 24.2 Å². The first-order valence-electron chi connectivity index (χ1n) is 8.56. The molecule has 0 radical (unpaired) electrons. The fraction of sp³-hybridized carbons (Fsp3) is 0.375. The Hall–Kier alpha value is -3.70. The molecule has 1 saturated heterocycles. The fourth-order valence-electron chi connectivity index (χ4n) is 3.17. The molecule has 2 aromatic heterocycles. The van der Waals surface area contributed by atoms with Crippen molar-refractivity contribution >= 4 is 17.7 Å². The minimum absolute atomic E-state index is 0.0694. The number of primary amides is 1. The second-order valence-corrected chi connectivity index (χ2v) is 6.40. The number of amides is 3. The molecule has 2 aromatic rings. The minimum Gasteiger partial charge on any atom is -0.368 e. The van der Waals surface area contributed by atoms with Crippen LogP contribution in [0.2, 0.25) is 0 Å². The van der Waals surface area contributed by atoms with Gasteiger partial charge >= 0.3 is 5.69 Å². The zero-order valence-electron chi connectivity index (χ0n) is 14.7. The Labute approximate surface area is 157 Å². The van der Waals surface area contributed by atoms with Gasteiger partial charge in [0, 0.05) is 30.9 Å². The maximum absolute atomic E-state index is 13.0. The molecule has 2 atom stereocenters. The van der Waals surface area contributed by atoms with Gasteiger partial charge in [-0.1, -0.05) is 0 Å². The Morgan fingerprint density at radius 2 is 2.11 bits per heavy atom. The highest BCUT2D eigenvalue weighted by Crippen LogP contribution is 2.19. The molecule has 0 aliphatic carbocycles. The van der Waals surface area contributed by atoms with Crippen LogP contribution in [0.3, 0.4) is 0 Å². The molecular weight excluding hydrogens is 370 g/mol. The maximum atomic E-state index is 13.0. The van der Waals surface area contributed by atoms with Crippen LogP contribution in [0.25, 0.3) is 0 Å². The van der Waals surface area contributed by atoms with Crippen LogP contribution < -0.4 is 22.3 Å². The maximum Gasteiger partial charge on any atom is 0.326 e. The number of imidazole rings is 1. The molecule has 0 bridgehead atoms. The van der Waals surface area contributed by atoms with E-state index in [1.165, 1.54) is 17.4 Å². The molecule has 12 nitrogen and oxygen atoms in total. The Morgan fingerprint density at radius 1 is 1.32 bits per heavy atom. The van der Waals surface area contributed by atoms with Crippen molar-refractivity contribution in [1.82, 2.24) is 30.2 Å². The van der Waals surface area contributed by atoms with Gasteiger partial charge in [-0.25, -0.2) is 9.78 Å². The van der Waals surface area contributed by atoms with E-state index in [1.807, 2.05) is 4.98 Å². The topological polar surface area (TPSA) is 187 Å². The Morgan fingerprint density at radius 3 is 2.75 bits per heavy atom. The van der Waals surface area contributed by atoms with Crippen molar-refractivity contribution in [1.29, 1.82) is 0 Å². The second kappa shape index (κ2) is 7.90. The number of nitrogens with zero attached hydrogens (tertiary/aromatic N) is 2. The largest absolute Gasteiger partial charge is 0.368 e. The molecule has 0 saturated carbocycles. The number of hydrogen-bond donors (Lipinski definition) is 5. The van der Waals surface area contributed by atoms with E-state index in [2.05, 4.69) is 20.3 Å². The first-order chi connectivity index (χ1) is 13.3. The van der Waals surface area contributed by atoms with Gasteiger partial charge in [0.05, 0.1) is 6.33 Å². The highest BCUT2D eigenvalue weighted by molar-refractivity contribution is 5.97. The van der Waals surface area contributed by atoms with Gasteiger partial charge in [-0.05, 0) is 12.8 Å². The first-order valence-corrected chi connectivity index (χ1v) is 8.56. The Bertz CT molecular complexity index is 965. The molecule has 6 N–H and O–H groups in total. The summed E-state index contributed by atoms with van der Waals surface area (Å²) in [5.74, 6) is -1.91. The molecule has 0 aromatic carbocycles. The van der Waals surface area contributed by atoms with Crippen LogP contribution in [0, 0.1) is 0 Å². The van der Waals surface area contributed by atoms with E-state index < -0.39 is 41.1 Å². The summed E-state index contributed by atoms with van der Waals surface area (Å²) in [4.78, 5) is 72.2. The van der Waals surface area contributed by atoms with Crippen LogP contribution in [0.5, 0.6) is 0 Å². The third-order valence-electron chi connectivity index (χ3n) is 4.45. The predicted octanol–water partition coefficient (Wildman–Crippen LogP) is -2.40. The third-order valence-corrected chi connectivity index (χ3v) is 4.45. The van der Waals surface area contributed by atoms with Crippen LogP contribution in [0.1, 0.15) is 29.0 Å². The number of aromatic nitrogens is 4. The number of nitrogens with one attached hydrogen (secondary N) is 4. The van der Waals surface area contributed by atoms with Gasteiger partial charge < -0.3 is 25.9 Å². The summed E-state index contributed by atoms with van der Waals surface area (Å²) in [7, 11) is 0. The first kappa shape index (κ1) is 19.1. The van der Waals surface area contributed by atoms with Crippen molar-refractivity contribution in [2.24, 2.45) is 5.73 Å². The number of likely N-dealkylation sites (tertiary alicyclic amines) is 1. The molecule has 3 amide bonds. The smallest absolute Gasteiger partial charge is 0.326 e. The molecule has 1 aliphatic rings. The van der Waals surface area contributed by atoms with Crippen molar-refractivity contribution in [3.63, 3.8) is 0 Å². The van der Waals surface area contributed by atoms with E-state index in [-0.39, 0.29) is 12.1 Å². The monoisotopic (exact) mass is 389 g/mol. The van der Waals surface area contributed by atoms with Gasteiger partial charge in [-0.2, -0.15) is 0 Å². The van der Waals surface area contributed by atoms with Crippen LogP contribution in [0.15, 0.2) is 28.2 Å². The van der Waals surface area contributed by atoms with Crippen molar-refractivity contribution in [2.45, 2.75) is 31.3 Å². The van der Waals surface area contributed by atoms with E-state index in [0.717, 1.165) is 6.07 Å². The predicted molar refractivity (Wildman–Crippen MR) is 95.2 cm³/mol. The van der Waals surface area contributed by atoms with E-state index in [1.54, 1.807) is 0 Å². The van der Waals surface area contributed by atoms with E-state index in [9.17, 15) is 24.0 Å². The number of carbonyl (C=O) groups excluding carboxylic acids is 3. The summed E-state index contributed by atoms with van der Waals surface area (Å²) in [5, 5.41) is 2.51. The molecule has 1 aliphatic heterocycles. The number of carbonyl (C=O) groups is 3. The van der Waals surface area contributed by atoms with Gasteiger partial charge in [0.2, 0.25) is 11.8 Å². The summed E-state index contributed by atoms with van der Waals surface area (Å²) in [6.07, 6.45) is 4.06.